The molecule has 112 valence electrons. The van der Waals surface area contributed by atoms with E-state index in [1.807, 2.05) is 11.1 Å². The van der Waals surface area contributed by atoms with Crippen LogP contribution in [0.15, 0.2) is 65.9 Å². The van der Waals surface area contributed by atoms with Gasteiger partial charge in [-0.05, 0) is 31.0 Å². The van der Waals surface area contributed by atoms with Gasteiger partial charge < -0.3 is 0 Å². The molecule has 3 rings (SSSR count). The van der Waals surface area contributed by atoms with Crippen molar-refractivity contribution in [2.24, 2.45) is 10.5 Å². The molecule has 22 heavy (non-hydrogen) atoms. The minimum Gasteiger partial charge on any atom is -0.241 e. The molecule has 2 nitrogen and oxygen atoms in total. The van der Waals surface area contributed by atoms with Crippen LogP contribution in [0.5, 0.6) is 0 Å². The van der Waals surface area contributed by atoms with Crippen LogP contribution in [0.25, 0.3) is 0 Å². The molecule has 0 bridgehead atoms. The largest absolute Gasteiger partial charge is 0.241 e. The third-order valence-electron chi connectivity index (χ3n) is 4.10. The molecule has 0 aromatic heterocycles. The molecule has 2 aromatic carbocycles. The average Bonchev–Trinajstić information content (AvgIpc) is 2.49. The first kappa shape index (κ1) is 14.6. The highest BCUT2D eigenvalue weighted by atomic mass is 15.5. The number of hydrogen-bond donors (Lipinski definition) is 0. The van der Waals surface area contributed by atoms with Crippen molar-refractivity contribution in [2.45, 2.75) is 27.7 Å². The Labute approximate surface area is 132 Å². The Kier molecular flexibility index (Phi) is 3.61. The van der Waals surface area contributed by atoms with Crippen LogP contribution in [0.1, 0.15) is 30.5 Å². The minimum absolute atomic E-state index is 0.0730. The molecule has 0 spiro atoms. The van der Waals surface area contributed by atoms with Crippen LogP contribution < -0.4 is 5.01 Å². The van der Waals surface area contributed by atoms with Crippen molar-refractivity contribution in [2.75, 3.05) is 5.01 Å². The second-order valence-electron chi connectivity index (χ2n) is 6.49. The molecule has 0 saturated carbocycles. The molecule has 2 aromatic rings. The van der Waals surface area contributed by atoms with Gasteiger partial charge >= 0.3 is 0 Å². The molecule has 0 amide bonds. The molecule has 0 aliphatic carbocycles. The lowest BCUT2D eigenvalue weighted by atomic mass is 9.83. The number of hydrazone groups is 1. The lowest BCUT2D eigenvalue weighted by Gasteiger charge is -2.31. The lowest BCUT2D eigenvalue weighted by molar-refractivity contribution is 0.655. The summed E-state index contributed by atoms with van der Waals surface area (Å²) < 4.78 is 0. The summed E-state index contributed by atoms with van der Waals surface area (Å²) in [5.74, 6) is 0. The lowest BCUT2D eigenvalue weighted by Crippen LogP contribution is -2.30. The first-order valence-electron chi connectivity index (χ1n) is 7.68. The Hall–Kier alpha value is -2.35. The normalized spacial score (nSPS) is 16.5. The van der Waals surface area contributed by atoms with Gasteiger partial charge in [-0.1, -0.05) is 68.0 Å². The predicted molar refractivity (Wildman–Crippen MR) is 94.3 cm³/mol. The summed E-state index contributed by atoms with van der Waals surface area (Å²) in [5, 5.41) is 6.92. The van der Waals surface area contributed by atoms with Crippen molar-refractivity contribution in [3.8, 4) is 0 Å². The van der Waals surface area contributed by atoms with E-state index in [1.165, 1.54) is 16.7 Å². The topological polar surface area (TPSA) is 15.6 Å². The van der Waals surface area contributed by atoms with Gasteiger partial charge in [-0.25, -0.2) is 5.01 Å². The first-order chi connectivity index (χ1) is 10.5. The van der Waals surface area contributed by atoms with E-state index in [0.29, 0.717) is 0 Å². The van der Waals surface area contributed by atoms with Gasteiger partial charge in [-0.3, -0.25) is 0 Å². The number of anilines is 1. The van der Waals surface area contributed by atoms with Crippen LogP contribution in [0.4, 0.5) is 5.69 Å². The molecule has 0 atom stereocenters. The summed E-state index contributed by atoms with van der Waals surface area (Å²) in [7, 11) is 0. The highest BCUT2D eigenvalue weighted by molar-refractivity contribution is 6.06. The van der Waals surface area contributed by atoms with Crippen LogP contribution in [0, 0.1) is 19.3 Å². The van der Waals surface area contributed by atoms with Crippen LogP contribution in [-0.4, -0.2) is 5.71 Å². The van der Waals surface area contributed by atoms with E-state index < -0.39 is 0 Å². The molecule has 1 aliphatic rings. The molecular weight excluding hydrogens is 268 g/mol. The zero-order valence-electron chi connectivity index (χ0n) is 13.7. The van der Waals surface area contributed by atoms with Crippen LogP contribution in [0.3, 0.4) is 0 Å². The molecule has 2 heteroatoms. The molecule has 1 heterocycles. The smallest absolute Gasteiger partial charge is 0.0780 e. The Morgan fingerprint density at radius 1 is 0.955 bits per heavy atom. The molecule has 0 unspecified atom stereocenters. The molecule has 0 radical (unpaired) electrons. The SMILES string of the molecule is Cc1ccc(N2C=CC(C)(C)C(c3ccccc3)=N2)c(C)c1. The van der Waals surface area contributed by atoms with Crippen molar-refractivity contribution < 1.29 is 0 Å². The van der Waals surface area contributed by atoms with Gasteiger partial charge in [0.2, 0.25) is 0 Å². The monoisotopic (exact) mass is 290 g/mol. The minimum atomic E-state index is -0.0730. The number of rotatable bonds is 2. The van der Waals surface area contributed by atoms with E-state index in [9.17, 15) is 0 Å². The summed E-state index contributed by atoms with van der Waals surface area (Å²) >= 11 is 0. The average molecular weight is 290 g/mol. The zero-order valence-corrected chi connectivity index (χ0v) is 13.7. The van der Waals surface area contributed by atoms with Crippen LogP contribution in [0.2, 0.25) is 0 Å². The molecule has 1 aliphatic heterocycles. The maximum absolute atomic E-state index is 4.93. The summed E-state index contributed by atoms with van der Waals surface area (Å²) in [6.07, 6.45) is 4.30. The van der Waals surface area contributed by atoms with Gasteiger partial charge in [-0.2, -0.15) is 5.10 Å². The van der Waals surface area contributed by atoms with E-state index in [4.69, 9.17) is 5.10 Å². The maximum Gasteiger partial charge on any atom is 0.0780 e. The number of benzene rings is 2. The Balaban J connectivity index is 2.06. The van der Waals surface area contributed by atoms with Gasteiger partial charge in [0.15, 0.2) is 0 Å². The van der Waals surface area contributed by atoms with Crippen molar-refractivity contribution in [3.63, 3.8) is 0 Å². The fraction of sp³-hybridized carbons (Fsp3) is 0.250. The van der Waals surface area contributed by atoms with Gasteiger partial charge in [0.1, 0.15) is 0 Å². The number of nitrogens with zero attached hydrogens (tertiary/aromatic N) is 2. The molecule has 0 fully saturated rings. The van der Waals surface area contributed by atoms with Gasteiger partial charge in [-0.15, -0.1) is 0 Å². The van der Waals surface area contributed by atoms with Crippen molar-refractivity contribution in [1.29, 1.82) is 0 Å². The molecular formula is C20H22N2. The van der Waals surface area contributed by atoms with E-state index in [0.717, 1.165) is 11.4 Å². The number of aryl methyl sites for hydroxylation is 2. The molecule has 0 N–H and O–H groups in total. The number of hydrogen-bond acceptors (Lipinski definition) is 2. The Bertz CT molecular complexity index is 740. The van der Waals surface area contributed by atoms with E-state index in [2.05, 4.69) is 82.4 Å². The van der Waals surface area contributed by atoms with Gasteiger partial charge in [0.05, 0.1) is 11.4 Å². The fourth-order valence-corrected chi connectivity index (χ4v) is 2.83. The highest BCUT2D eigenvalue weighted by Gasteiger charge is 2.28. The Morgan fingerprint density at radius 3 is 2.36 bits per heavy atom. The second-order valence-corrected chi connectivity index (χ2v) is 6.49. The van der Waals surface area contributed by atoms with Gasteiger partial charge in [0, 0.05) is 11.6 Å². The van der Waals surface area contributed by atoms with Crippen molar-refractivity contribution in [3.05, 3.63) is 77.5 Å². The zero-order chi connectivity index (χ0) is 15.7. The van der Waals surface area contributed by atoms with Crippen molar-refractivity contribution >= 4 is 11.4 Å². The fourth-order valence-electron chi connectivity index (χ4n) is 2.83. The van der Waals surface area contributed by atoms with E-state index >= 15 is 0 Å². The van der Waals surface area contributed by atoms with E-state index in [-0.39, 0.29) is 5.41 Å². The summed E-state index contributed by atoms with van der Waals surface area (Å²) in [6.45, 7) is 8.65. The Morgan fingerprint density at radius 2 is 1.68 bits per heavy atom. The first-order valence-corrected chi connectivity index (χ1v) is 7.68. The summed E-state index contributed by atoms with van der Waals surface area (Å²) in [5.41, 5.74) is 5.83. The second kappa shape index (κ2) is 5.45. The summed E-state index contributed by atoms with van der Waals surface area (Å²) in [4.78, 5) is 0. The van der Waals surface area contributed by atoms with Crippen LogP contribution in [-0.2, 0) is 0 Å². The summed E-state index contributed by atoms with van der Waals surface area (Å²) in [6, 6.07) is 16.9. The van der Waals surface area contributed by atoms with Crippen molar-refractivity contribution in [1.82, 2.24) is 0 Å². The van der Waals surface area contributed by atoms with Crippen LogP contribution >= 0.6 is 0 Å². The standard InChI is InChI=1S/C20H22N2/c1-15-10-11-18(16(2)14-15)22-13-12-20(3,4)19(21-22)17-8-6-5-7-9-17/h5-14H,1-4H3. The maximum atomic E-state index is 4.93. The molecule has 0 saturated heterocycles. The van der Waals surface area contributed by atoms with Gasteiger partial charge in [0.25, 0.3) is 0 Å². The third kappa shape index (κ3) is 2.69. The number of allylic oxidation sites excluding steroid dienone is 1. The highest BCUT2D eigenvalue weighted by Crippen LogP contribution is 2.32. The quantitative estimate of drug-likeness (QED) is 0.754. The predicted octanol–water partition coefficient (Wildman–Crippen LogP) is 5.07. The van der Waals surface area contributed by atoms with E-state index in [1.54, 1.807) is 0 Å². The third-order valence-corrected chi connectivity index (χ3v) is 4.10.